The van der Waals surface area contributed by atoms with Gasteiger partial charge in [-0.05, 0) is 58.3 Å². The van der Waals surface area contributed by atoms with Gasteiger partial charge in [0.25, 0.3) is 0 Å². The van der Waals surface area contributed by atoms with E-state index in [1.54, 1.807) is 6.92 Å². The monoisotopic (exact) mass is 302 g/mol. The molecule has 19 heavy (non-hydrogen) atoms. The molecule has 4 heteroatoms. The van der Waals surface area contributed by atoms with Crippen molar-refractivity contribution in [1.82, 2.24) is 0 Å². The molecule has 0 unspecified atom stereocenters. The minimum absolute atomic E-state index is 0. The van der Waals surface area contributed by atoms with Gasteiger partial charge in [-0.1, -0.05) is 0 Å². The SMILES string of the molecule is CC(=O)OC[C]1[CH][CH][CH][C]1[C@H](C)O.[CH]1[CH][CH][CH][CH]1.[Fe]. The van der Waals surface area contributed by atoms with E-state index in [9.17, 15) is 9.90 Å². The van der Waals surface area contributed by atoms with Crippen molar-refractivity contribution in [2.45, 2.75) is 20.0 Å². The van der Waals surface area contributed by atoms with Crippen LogP contribution in [0.5, 0.6) is 0 Å². The summed E-state index contributed by atoms with van der Waals surface area (Å²) in [4.78, 5) is 10.5. The van der Waals surface area contributed by atoms with E-state index >= 15 is 0 Å². The zero-order chi connectivity index (χ0) is 13.4. The maximum absolute atomic E-state index is 10.5. The normalized spacial score (nSPS) is 21.2. The fourth-order valence-corrected chi connectivity index (χ4v) is 1.51. The zero-order valence-electron chi connectivity index (χ0n) is 11.0. The first kappa shape index (κ1) is 18.9. The molecule has 0 aliphatic heterocycles. The molecule has 0 bridgehead atoms. The summed E-state index contributed by atoms with van der Waals surface area (Å²) in [5.41, 5.74) is 0. The number of ether oxygens (including phenoxy) is 1. The average molecular weight is 302 g/mol. The molecule has 1 atom stereocenters. The van der Waals surface area contributed by atoms with Gasteiger partial charge in [-0.3, -0.25) is 4.79 Å². The quantitative estimate of drug-likeness (QED) is 0.638. The molecule has 2 aliphatic carbocycles. The molecule has 0 spiro atoms. The number of hydrogen-bond donors (Lipinski definition) is 1. The van der Waals surface area contributed by atoms with Gasteiger partial charge < -0.3 is 9.84 Å². The van der Waals surface area contributed by atoms with Gasteiger partial charge >= 0.3 is 5.97 Å². The second-order valence-electron chi connectivity index (χ2n) is 3.92. The summed E-state index contributed by atoms with van der Waals surface area (Å²) in [5, 5.41) is 9.32. The number of aliphatic hydroxyl groups excluding tert-OH is 1. The Morgan fingerprint density at radius 2 is 1.68 bits per heavy atom. The first-order chi connectivity index (χ1) is 8.61. The molecule has 2 rings (SSSR count). The second kappa shape index (κ2) is 10.7. The third-order valence-corrected chi connectivity index (χ3v) is 2.38. The predicted molar refractivity (Wildman–Crippen MR) is 69.2 cm³/mol. The van der Waals surface area contributed by atoms with E-state index in [1.165, 1.54) is 6.92 Å². The summed E-state index contributed by atoms with van der Waals surface area (Å²) in [5.74, 6) is 1.38. The topological polar surface area (TPSA) is 46.5 Å². The van der Waals surface area contributed by atoms with E-state index in [2.05, 4.69) is 0 Å². The van der Waals surface area contributed by atoms with Crippen molar-refractivity contribution in [3.63, 3.8) is 0 Å². The van der Waals surface area contributed by atoms with Crippen LogP contribution in [0.2, 0.25) is 0 Å². The van der Waals surface area contributed by atoms with Crippen molar-refractivity contribution in [2.24, 2.45) is 0 Å². The third kappa shape index (κ3) is 7.96. The van der Waals surface area contributed by atoms with Gasteiger partial charge in [-0.15, -0.1) is 0 Å². The van der Waals surface area contributed by atoms with Gasteiger partial charge in [0.1, 0.15) is 0 Å². The van der Waals surface area contributed by atoms with E-state index in [0.717, 1.165) is 11.8 Å². The summed E-state index contributed by atoms with van der Waals surface area (Å²) in [7, 11) is 0. The molecule has 0 heterocycles. The van der Waals surface area contributed by atoms with Gasteiger partial charge in [-0.2, -0.15) is 0 Å². The smallest absolute Gasteiger partial charge is 0.302 e. The Morgan fingerprint density at radius 1 is 1.16 bits per heavy atom. The molecule has 104 valence electrons. The predicted octanol–water partition coefficient (Wildman–Crippen LogP) is 1.72. The molecule has 1 N–H and O–H groups in total. The largest absolute Gasteiger partial charge is 0.465 e. The van der Waals surface area contributed by atoms with Crippen molar-refractivity contribution < 1.29 is 31.7 Å². The van der Waals surface area contributed by atoms with Crippen LogP contribution < -0.4 is 0 Å². The maximum Gasteiger partial charge on any atom is 0.302 e. The van der Waals surface area contributed by atoms with E-state index in [-0.39, 0.29) is 29.6 Å². The van der Waals surface area contributed by atoms with Crippen LogP contribution in [0.1, 0.15) is 13.8 Å². The van der Waals surface area contributed by atoms with Crippen LogP contribution in [0.25, 0.3) is 0 Å². The Balaban J connectivity index is 0.000000454. The van der Waals surface area contributed by atoms with Crippen molar-refractivity contribution in [3.8, 4) is 0 Å². The van der Waals surface area contributed by atoms with Crippen molar-refractivity contribution >= 4 is 5.97 Å². The fourth-order valence-electron chi connectivity index (χ4n) is 1.51. The number of esters is 1. The van der Waals surface area contributed by atoms with Crippen LogP contribution in [0.4, 0.5) is 0 Å². The number of rotatable bonds is 3. The fraction of sp³-hybridized carbons (Fsp3) is 0.267. The zero-order valence-corrected chi connectivity index (χ0v) is 12.1. The molecule has 0 aromatic rings. The summed E-state index contributed by atoms with van der Waals surface area (Å²) in [6.45, 7) is 3.29. The van der Waals surface area contributed by atoms with Gasteiger partial charge in [0.05, 0.1) is 12.7 Å². The summed E-state index contributed by atoms with van der Waals surface area (Å²) < 4.78 is 4.83. The van der Waals surface area contributed by atoms with Crippen molar-refractivity contribution in [2.75, 3.05) is 6.61 Å². The average Bonchev–Trinajstić information content (AvgIpc) is 3.00. The molecule has 0 aromatic heterocycles. The van der Waals surface area contributed by atoms with E-state index < -0.39 is 6.10 Å². The number of aliphatic hydroxyl groups is 1. The molecule has 3 nitrogen and oxygen atoms in total. The van der Waals surface area contributed by atoms with Crippen molar-refractivity contribution in [3.05, 3.63) is 63.2 Å². The van der Waals surface area contributed by atoms with Crippen LogP contribution in [0.15, 0.2) is 0 Å². The van der Waals surface area contributed by atoms with E-state index in [1.807, 2.05) is 51.4 Å². The van der Waals surface area contributed by atoms with Crippen LogP contribution >= 0.6 is 0 Å². The maximum atomic E-state index is 10.5. The van der Waals surface area contributed by atoms with Crippen LogP contribution in [0, 0.1) is 63.2 Å². The van der Waals surface area contributed by atoms with Crippen LogP contribution in [0.3, 0.4) is 0 Å². The minimum atomic E-state index is -0.513. The number of hydrogen-bond acceptors (Lipinski definition) is 3. The molecule has 2 aliphatic rings. The van der Waals surface area contributed by atoms with Gasteiger partial charge in [0.15, 0.2) is 0 Å². The van der Waals surface area contributed by atoms with Gasteiger partial charge in [0.2, 0.25) is 0 Å². The van der Waals surface area contributed by atoms with Crippen LogP contribution in [-0.4, -0.2) is 23.8 Å². The Bertz CT molecular complexity index is 232. The number of carbonyl (C=O) groups excluding carboxylic acids is 1. The Labute approximate surface area is 128 Å². The summed E-state index contributed by atoms with van der Waals surface area (Å²) >= 11 is 0. The van der Waals surface area contributed by atoms with Crippen molar-refractivity contribution in [1.29, 1.82) is 0 Å². The van der Waals surface area contributed by atoms with Gasteiger partial charge in [-0.25, -0.2) is 0 Å². The molecule has 10 radical (unpaired) electrons. The molecule has 2 fully saturated rings. The van der Waals surface area contributed by atoms with E-state index in [4.69, 9.17) is 4.74 Å². The van der Waals surface area contributed by atoms with E-state index in [0.29, 0.717) is 0 Å². The van der Waals surface area contributed by atoms with Crippen LogP contribution in [-0.2, 0) is 26.6 Å². The Morgan fingerprint density at radius 3 is 2.11 bits per heavy atom. The van der Waals surface area contributed by atoms with Gasteiger partial charge in [0, 0.05) is 35.8 Å². The standard InChI is InChI=1S/C10H13O3.C5H5.Fe/c1-7(11)10-5-3-4-9(10)6-13-8(2)12;1-2-4-5-3-1;/h3-5,7,11H,6H2,1-2H3;1-5H;/t7-;;/m0../s1. The molecule has 0 saturated heterocycles. The first-order valence-corrected chi connectivity index (χ1v) is 5.84. The minimum Gasteiger partial charge on any atom is -0.465 e. The molecule has 0 aromatic carbocycles. The molecule has 0 amide bonds. The molecule has 2 saturated carbocycles. The first-order valence-electron chi connectivity index (χ1n) is 5.84. The third-order valence-electron chi connectivity index (χ3n) is 2.38. The summed E-state index contributed by atoms with van der Waals surface area (Å²) in [6, 6.07) is 0. The summed E-state index contributed by atoms with van der Waals surface area (Å²) in [6.07, 6.45) is 15.0. The molecular weight excluding hydrogens is 284 g/mol. The molecular formula is C15H18FeO3. The number of carbonyl (C=O) groups is 1. The Kier molecular flexibility index (Phi) is 10.7. The Hall–Kier alpha value is -0.0505. The second-order valence-corrected chi connectivity index (χ2v) is 3.92.